The number of hydrogen-bond donors (Lipinski definition) is 1. The van der Waals surface area contributed by atoms with Crippen LogP contribution < -0.4 is 5.73 Å². The molecule has 2 rings (SSSR count). The van der Waals surface area contributed by atoms with Crippen molar-refractivity contribution in [2.24, 2.45) is 5.73 Å². The second kappa shape index (κ2) is 4.81. The smallest absolute Gasteiger partial charge is 0.326 e. The van der Waals surface area contributed by atoms with E-state index in [4.69, 9.17) is 5.73 Å². The summed E-state index contributed by atoms with van der Waals surface area (Å²) in [6, 6.07) is 8.82. The summed E-state index contributed by atoms with van der Waals surface area (Å²) < 4.78 is 37.5. The van der Waals surface area contributed by atoms with Gasteiger partial charge in [0, 0.05) is 18.3 Å². The molecule has 3 nitrogen and oxygen atoms in total. The largest absolute Gasteiger partial charge is 0.408 e. The van der Waals surface area contributed by atoms with Gasteiger partial charge in [0.05, 0.1) is 5.69 Å². The minimum Gasteiger partial charge on any atom is -0.326 e. The highest BCUT2D eigenvalue weighted by Crippen LogP contribution is 2.23. The molecule has 96 valence electrons. The minimum atomic E-state index is -4.27. The van der Waals surface area contributed by atoms with Gasteiger partial charge < -0.3 is 5.73 Å². The molecule has 0 aliphatic heterocycles. The Morgan fingerprint density at radius 1 is 1.17 bits per heavy atom. The average Bonchev–Trinajstić information content (AvgIpc) is 2.75. The highest BCUT2D eigenvalue weighted by atomic mass is 19.4. The van der Waals surface area contributed by atoms with E-state index in [0.717, 1.165) is 15.8 Å². The summed E-state index contributed by atoms with van der Waals surface area (Å²) in [5.74, 6) is 0. The first-order valence-corrected chi connectivity index (χ1v) is 5.38. The van der Waals surface area contributed by atoms with Crippen LogP contribution in [-0.2, 0) is 13.1 Å². The van der Waals surface area contributed by atoms with Gasteiger partial charge in [-0.2, -0.15) is 18.3 Å². The Hall–Kier alpha value is -1.82. The van der Waals surface area contributed by atoms with Gasteiger partial charge in [-0.1, -0.05) is 24.3 Å². The van der Waals surface area contributed by atoms with Crippen LogP contribution in [0.1, 0.15) is 5.56 Å². The number of aromatic nitrogens is 2. The molecule has 2 N–H and O–H groups in total. The van der Waals surface area contributed by atoms with Crippen molar-refractivity contribution in [3.05, 3.63) is 42.1 Å². The molecular weight excluding hydrogens is 243 g/mol. The zero-order chi connectivity index (χ0) is 13.2. The first kappa shape index (κ1) is 12.6. The molecule has 0 spiro atoms. The van der Waals surface area contributed by atoms with Crippen molar-refractivity contribution in [2.45, 2.75) is 19.3 Å². The molecule has 0 amide bonds. The lowest BCUT2D eigenvalue weighted by atomic mass is 10.1. The maximum atomic E-state index is 12.2. The fraction of sp³-hybridized carbons (Fsp3) is 0.250. The molecule has 6 heteroatoms. The molecule has 0 atom stereocenters. The third kappa shape index (κ3) is 2.89. The van der Waals surface area contributed by atoms with Crippen LogP contribution in [0.15, 0.2) is 36.5 Å². The van der Waals surface area contributed by atoms with Crippen LogP contribution in [0.2, 0.25) is 0 Å². The fourth-order valence-corrected chi connectivity index (χ4v) is 1.73. The molecule has 0 bridgehead atoms. The lowest BCUT2D eigenvalue weighted by Gasteiger charge is -2.06. The Morgan fingerprint density at radius 2 is 1.89 bits per heavy atom. The number of hydrogen-bond acceptors (Lipinski definition) is 2. The SMILES string of the molecule is NCc1ccccc1-c1ccn(CC(F)(F)F)n1. The highest BCUT2D eigenvalue weighted by Gasteiger charge is 2.28. The monoisotopic (exact) mass is 255 g/mol. The Morgan fingerprint density at radius 3 is 2.56 bits per heavy atom. The van der Waals surface area contributed by atoms with Crippen molar-refractivity contribution in [1.82, 2.24) is 9.78 Å². The van der Waals surface area contributed by atoms with Gasteiger partial charge >= 0.3 is 6.18 Å². The molecule has 0 aliphatic carbocycles. The number of alkyl halides is 3. The van der Waals surface area contributed by atoms with Gasteiger partial charge in [-0.3, -0.25) is 4.68 Å². The lowest BCUT2D eigenvalue weighted by molar-refractivity contribution is -0.142. The topological polar surface area (TPSA) is 43.8 Å². The van der Waals surface area contributed by atoms with Crippen LogP contribution in [-0.4, -0.2) is 16.0 Å². The number of nitrogens with two attached hydrogens (primary N) is 1. The Labute approximate surface area is 102 Å². The quantitative estimate of drug-likeness (QED) is 0.916. The molecule has 1 aromatic heterocycles. The fourth-order valence-electron chi connectivity index (χ4n) is 1.73. The summed E-state index contributed by atoms with van der Waals surface area (Å²) in [6.45, 7) is -0.764. The van der Waals surface area contributed by atoms with Crippen LogP contribution in [0, 0.1) is 0 Å². The van der Waals surface area contributed by atoms with Crippen molar-refractivity contribution in [3.63, 3.8) is 0 Å². The molecule has 0 aliphatic rings. The Bertz CT molecular complexity index is 531. The predicted octanol–water partition coefficient (Wildman–Crippen LogP) is 2.57. The second-order valence-electron chi connectivity index (χ2n) is 3.88. The number of nitrogens with zero attached hydrogens (tertiary/aromatic N) is 2. The third-order valence-electron chi connectivity index (χ3n) is 2.50. The zero-order valence-electron chi connectivity index (χ0n) is 9.48. The first-order chi connectivity index (χ1) is 8.49. The predicted molar refractivity (Wildman–Crippen MR) is 61.6 cm³/mol. The van der Waals surface area contributed by atoms with Crippen LogP contribution in [0.3, 0.4) is 0 Å². The van der Waals surface area contributed by atoms with Gasteiger partial charge in [0.1, 0.15) is 6.54 Å². The Balaban J connectivity index is 2.29. The molecule has 0 saturated carbocycles. The van der Waals surface area contributed by atoms with Crippen LogP contribution in [0.25, 0.3) is 11.3 Å². The van der Waals surface area contributed by atoms with Crippen molar-refractivity contribution >= 4 is 0 Å². The van der Waals surface area contributed by atoms with Gasteiger partial charge in [0.25, 0.3) is 0 Å². The Kier molecular flexibility index (Phi) is 3.38. The van der Waals surface area contributed by atoms with E-state index >= 15 is 0 Å². The van der Waals surface area contributed by atoms with Gasteiger partial charge in [-0.15, -0.1) is 0 Å². The standard InChI is InChI=1S/C12H12F3N3/c13-12(14,15)8-18-6-5-11(17-18)10-4-2-1-3-9(10)7-16/h1-6H,7-8,16H2. The van der Waals surface area contributed by atoms with E-state index in [1.54, 1.807) is 18.2 Å². The van der Waals surface area contributed by atoms with E-state index in [1.807, 2.05) is 12.1 Å². The van der Waals surface area contributed by atoms with E-state index in [9.17, 15) is 13.2 Å². The van der Waals surface area contributed by atoms with Gasteiger partial charge in [-0.05, 0) is 11.6 Å². The lowest BCUT2D eigenvalue weighted by Crippen LogP contribution is -2.17. The number of benzene rings is 1. The zero-order valence-corrected chi connectivity index (χ0v) is 9.48. The maximum Gasteiger partial charge on any atom is 0.408 e. The summed E-state index contributed by atoms with van der Waals surface area (Å²) in [4.78, 5) is 0. The van der Waals surface area contributed by atoms with Crippen LogP contribution >= 0.6 is 0 Å². The van der Waals surface area contributed by atoms with Gasteiger partial charge in [0.2, 0.25) is 0 Å². The van der Waals surface area contributed by atoms with E-state index in [1.165, 1.54) is 6.20 Å². The van der Waals surface area contributed by atoms with Gasteiger partial charge in [0.15, 0.2) is 0 Å². The molecule has 0 radical (unpaired) electrons. The van der Waals surface area contributed by atoms with Crippen LogP contribution in [0.5, 0.6) is 0 Å². The average molecular weight is 255 g/mol. The summed E-state index contributed by atoms with van der Waals surface area (Å²) >= 11 is 0. The molecule has 0 unspecified atom stereocenters. The molecule has 0 saturated heterocycles. The summed E-state index contributed by atoms with van der Waals surface area (Å²) in [7, 11) is 0. The van der Waals surface area contributed by atoms with Crippen molar-refractivity contribution in [3.8, 4) is 11.3 Å². The van der Waals surface area contributed by atoms with E-state index < -0.39 is 12.7 Å². The molecule has 0 fully saturated rings. The normalized spacial score (nSPS) is 11.8. The molecule has 1 heterocycles. The maximum absolute atomic E-state index is 12.2. The van der Waals surface area contributed by atoms with E-state index in [2.05, 4.69) is 5.10 Å². The first-order valence-electron chi connectivity index (χ1n) is 5.38. The van der Waals surface area contributed by atoms with Crippen molar-refractivity contribution in [1.29, 1.82) is 0 Å². The van der Waals surface area contributed by atoms with Crippen molar-refractivity contribution in [2.75, 3.05) is 0 Å². The number of halogens is 3. The number of rotatable bonds is 3. The van der Waals surface area contributed by atoms with E-state index in [0.29, 0.717) is 12.2 Å². The minimum absolute atomic E-state index is 0.322. The highest BCUT2D eigenvalue weighted by molar-refractivity contribution is 5.63. The third-order valence-corrected chi connectivity index (χ3v) is 2.50. The summed E-state index contributed by atoms with van der Waals surface area (Å²) in [5.41, 5.74) is 7.70. The molecule has 18 heavy (non-hydrogen) atoms. The van der Waals surface area contributed by atoms with Crippen LogP contribution in [0.4, 0.5) is 13.2 Å². The van der Waals surface area contributed by atoms with Gasteiger partial charge in [-0.25, -0.2) is 0 Å². The molecular formula is C12H12F3N3. The molecule has 1 aromatic carbocycles. The van der Waals surface area contributed by atoms with Crippen molar-refractivity contribution < 1.29 is 13.2 Å². The van der Waals surface area contributed by atoms with E-state index in [-0.39, 0.29) is 0 Å². The molecule has 2 aromatic rings. The summed E-state index contributed by atoms with van der Waals surface area (Å²) in [6.07, 6.45) is -2.95. The second-order valence-corrected chi connectivity index (χ2v) is 3.88. The summed E-state index contributed by atoms with van der Waals surface area (Å²) in [5, 5.41) is 3.92.